The van der Waals surface area contributed by atoms with Crippen LogP contribution in [0.25, 0.3) is 0 Å². The van der Waals surface area contributed by atoms with Gasteiger partial charge in [-0.15, -0.1) is 0 Å². The lowest BCUT2D eigenvalue weighted by molar-refractivity contribution is 0.0653. The Bertz CT molecular complexity index is 395. The molecule has 1 aromatic heterocycles. The van der Waals surface area contributed by atoms with E-state index in [9.17, 15) is 5.11 Å². The molecule has 2 heterocycles. The van der Waals surface area contributed by atoms with Crippen LogP contribution in [0.2, 0.25) is 0 Å². The van der Waals surface area contributed by atoms with Gasteiger partial charge in [0.1, 0.15) is 0 Å². The highest BCUT2D eigenvalue weighted by molar-refractivity contribution is 5.18. The summed E-state index contributed by atoms with van der Waals surface area (Å²) in [6, 6.07) is 0.961. The summed E-state index contributed by atoms with van der Waals surface area (Å²) in [5, 5.41) is 9.60. The number of hydrogen-bond acceptors (Lipinski definition) is 3. The maximum atomic E-state index is 9.60. The van der Waals surface area contributed by atoms with Crippen molar-refractivity contribution in [3.63, 3.8) is 0 Å². The highest BCUT2D eigenvalue weighted by atomic mass is 16.3. The molecule has 0 amide bonds. The molecule has 94 valence electrons. The van der Waals surface area contributed by atoms with Crippen molar-refractivity contribution in [2.75, 3.05) is 6.61 Å². The van der Waals surface area contributed by atoms with E-state index >= 15 is 0 Å². The summed E-state index contributed by atoms with van der Waals surface area (Å²) in [6.45, 7) is 1.19. The number of aryl methyl sites for hydroxylation is 1. The van der Waals surface area contributed by atoms with Crippen molar-refractivity contribution in [3.8, 4) is 0 Å². The highest BCUT2D eigenvalue weighted by Crippen LogP contribution is 2.31. The molecule has 1 aromatic rings. The van der Waals surface area contributed by atoms with Crippen LogP contribution in [-0.2, 0) is 20.0 Å². The second-order valence-electron chi connectivity index (χ2n) is 5.40. The van der Waals surface area contributed by atoms with Gasteiger partial charge in [0.15, 0.2) is 0 Å². The van der Waals surface area contributed by atoms with Crippen LogP contribution in [0.15, 0.2) is 6.33 Å². The minimum Gasteiger partial charge on any atom is -0.395 e. The SMILES string of the molecule is Cn1cnc2c1C[C@H](CO)N(C1CCCC1)C2. The van der Waals surface area contributed by atoms with Crippen molar-refractivity contribution in [3.05, 3.63) is 17.7 Å². The van der Waals surface area contributed by atoms with Gasteiger partial charge in [0, 0.05) is 37.8 Å². The first-order chi connectivity index (χ1) is 8.29. The number of aliphatic hydroxyl groups is 1. The zero-order valence-electron chi connectivity index (χ0n) is 10.5. The normalized spacial score (nSPS) is 26.4. The molecule has 1 N–H and O–H groups in total. The largest absolute Gasteiger partial charge is 0.395 e. The van der Waals surface area contributed by atoms with Crippen molar-refractivity contribution >= 4 is 0 Å². The second-order valence-corrected chi connectivity index (χ2v) is 5.40. The summed E-state index contributed by atoms with van der Waals surface area (Å²) in [5.74, 6) is 0. The smallest absolute Gasteiger partial charge is 0.0949 e. The number of nitrogens with zero attached hydrogens (tertiary/aromatic N) is 3. The Balaban J connectivity index is 1.85. The van der Waals surface area contributed by atoms with Gasteiger partial charge in [0.05, 0.1) is 18.6 Å². The van der Waals surface area contributed by atoms with E-state index in [1.54, 1.807) is 0 Å². The van der Waals surface area contributed by atoms with Crippen LogP contribution in [0.3, 0.4) is 0 Å². The van der Waals surface area contributed by atoms with Crippen molar-refractivity contribution in [2.45, 2.75) is 50.7 Å². The lowest BCUT2D eigenvalue weighted by Crippen LogP contribution is -2.47. The van der Waals surface area contributed by atoms with Crippen LogP contribution in [-0.4, -0.2) is 38.2 Å². The Morgan fingerprint density at radius 1 is 1.41 bits per heavy atom. The quantitative estimate of drug-likeness (QED) is 0.834. The molecule has 0 aromatic carbocycles. The Kier molecular flexibility index (Phi) is 2.92. The number of fused-ring (bicyclic) bond motifs is 1. The van der Waals surface area contributed by atoms with Crippen molar-refractivity contribution in [2.24, 2.45) is 7.05 Å². The summed E-state index contributed by atoms with van der Waals surface area (Å²) >= 11 is 0. The lowest BCUT2D eigenvalue weighted by atomic mass is 10.00. The molecule has 1 fully saturated rings. The molecule has 2 aliphatic rings. The molecule has 1 saturated carbocycles. The third kappa shape index (κ3) is 1.89. The molecule has 0 bridgehead atoms. The molecule has 1 atom stereocenters. The average molecular weight is 235 g/mol. The van der Waals surface area contributed by atoms with E-state index in [-0.39, 0.29) is 6.61 Å². The van der Waals surface area contributed by atoms with E-state index in [1.165, 1.54) is 37.1 Å². The molecular formula is C13H21N3O. The summed E-state index contributed by atoms with van der Waals surface area (Å²) in [7, 11) is 2.05. The van der Waals surface area contributed by atoms with Gasteiger partial charge in [0.2, 0.25) is 0 Å². The summed E-state index contributed by atoms with van der Waals surface area (Å²) < 4.78 is 2.10. The summed E-state index contributed by atoms with van der Waals surface area (Å²) in [6.07, 6.45) is 8.11. The predicted molar refractivity (Wildman–Crippen MR) is 65.6 cm³/mol. The van der Waals surface area contributed by atoms with Crippen LogP contribution in [0.4, 0.5) is 0 Å². The number of hydrogen-bond donors (Lipinski definition) is 1. The number of imidazole rings is 1. The molecule has 4 heteroatoms. The Hall–Kier alpha value is -0.870. The van der Waals surface area contributed by atoms with Gasteiger partial charge in [-0.3, -0.25) is 4.90 Å². The summed E-state index contributed by atoms with van der Waals surface area (Å²) in [4.78, 5) is 6.97. The minimum atomic E-state index is 0.265. The van der Waals surface area contributed by atoms with Gasteiger partial charge < -0.3 is 9.67 Å². The molecule has 4 nitrogen and oxygen atoms in total. The predicted octanol–water partition coefficient (Wildman–Crippen LogP) is 1.08. The Labute approximate surface area is 102 Å². The van der Waals surface area contributed by atoms with E-state index in [0.717, 1.165) is 13.0 Å². The first-order valence-electron chi connectivity index (χ1n) is 6.65. The van der Waals surface area contributed by atoms with E-state index in [1.807, 2.05) is 13.4 Å². The molecular weight excluding hydrogens is 214 g/mol. The monoisotopic (exact) mass is 235 g/mol. The van der Waals surface area contributed by atoms with Crippen molar-refractivity contribution in [1.29, 1.82) is 0 Å². The van der Waals surface area contributed by atoms with Gasteiger partial charge in [-0.05, 0) is 12.8 Å². The van der Waals surface area contributed by atoms with Crippen molar-refractivity contribution < 1.29 is 5.11 Å². The molecule has 0 spiro atoms. The maximum absolute atomic E-state index is 9.60. The van der Waals surface area contributed by atoms with E-state index in [0.29, 0.717) is 12.1 Å². The van der Waals surface area contributed by atoms with Gasteiger partial charge in [0.25, 0.3) is 0 Å². The lowest BCUT2D eigenvalue weighted by Gasteiger charge is -2.38. The third-order valence-corrected chi connectivity index (χ3v) is 4.38. The van der Waals surface area contributed by atoms with E-state index in [4.69, 9.17) is 0 Å². The minimum absolute atomic E-state index is 0.265. The molecule has 17 heavy (non-hydrogen) atoms. The van der Waals surface area contributed by atoms with Crippen LogP contribution in [0.1, 0.15) is 37.1 Å². The zero-order valence-corrected chi connectivity index (χ0v) is 10.5. The fourth-order valence-corrected chi connectivity index (χ4v) is 3.37. The van der Waals surface area contributed by atoms with Gasteiger partial charge in [-0.2, -0.15) is 0 Å². The van der Waals surface area contributed by atoms with Crippen LogP contribution < -0.4 is 0 Å². The molecule has 0 unspecified atom stereocenters. The maximum Gasteiger partial charge on any atom is 0.0949 e. The third-order valence-electron chi connectivity index (χ3n) is 4.38. The molecule has 3 rings (SSSR count). The van der Waals surface area contributed by atoms with Crippen LogP contribution >= 0.6 is 0 Å². The molecule has 1 aliphatic heterocycles. The van der Waals surface area contributed by atoms with Gasteiger partial charge in [-0.25, -0.2) is 4.98 Å². The van der Waals surface area contributed by atoms with Gasteiger partial charge in [-0.1, -0.05) is 12.8 Å². The van der Waals surface area contributed by atoms with E-state index < -0.39 is 0 Å². The number of aromatic nitrogens is 2. The van der Waals surface area contributed by atoms with Crippen LogP contribution in [0, 0.1) is 0 Å². The van der Waals surface area contributed by atoms with Crippen molar-refractivity contribution in [1.82, 2.24) is 14.5 Å². The Morgan fingerprint density at radius 3 is 2.88 bits per heavy atom. The highest BCUT2D eigenvalue weighted by Gasteiger charge is 2.34. The first-order valence-corrected chi connectivity index (χ1v) is 6.65. The topological polar surface area (TPSA) is 41.3 Å². The van der Waals surface area contributed by atoms with Crippen LogP contribution in [0.5, 0.6) is 0 Å². The molecule has 0 saturated heterocycles. The zero-order chi connectivity index (χ0) is 11.8. The number of rotatable bonds is 2. The Morgan fingerprint density at radius 2 is 2.18 bits per heavy atom. The summed E-state index contributed by atoms with van der Waals surface area (Å²) in [5.41, 5.74) is 2.52. The number of aliphatic hydroxyl groups excluding tert-OH is 1. The fraction of sp³-hybridized carbons (Fsp3) is 0.769. The first kappa shape index (κ1) is 11.2. The standard InChI is InChI=1S/C13H21N3O/c1-15-9-14-12-7-16(10-4-2-3-5-10)11(8-17)6-13(12)15/h9-11,17H,2-8H2,1H3/t11-/m1/s1. The average Bonchev–Trinajstić information content (AvgIpc) is 2.98. The fourth-order valence-electron chi connectivity index (χ4n) is 3.37. The second kappa shape index (κ2) is 4.42. The van der Waals surface area contributed by atoms with E-state index in [2.05, 4.69) is 14.5 Å². The van der Waals surface area contributed by atoms with Gasteiger partial charge >= 0.3 is 0 Å². The molecule has 1 aliphatic carbocycles. The molecule has 0 radical (unpaired) electrons.